The predicted molar refractivity (Wildman–Crippen MR) is 146 cm³/mol. The number of rotatable bonds is 12. The minimum Gasteiger partial charge on any atom is -0.354 e. The molecule has 0 spiro atoms. The van der Waals surface area contributed by atoms with Crippen LogP contribution in [0.5, 0.6) is 0 Å². The summed E-state index contributed by atoms with van der Waals surface area (Å²) < 4.78 is 0. The van der Waals surface area contributed by atoms with Gasteiger partial charge in [0, 0.05) is 25.3 Å². The molecule has 0 heterocycles. The molecular weight excluding hydrogens is 452 g/mol. The minimum atomic E-state index is -0.583. The standard InChI is InChI=1S/C30H36N2O2S/c1-23(2)19-31-30(34)28(18-25-13-6-4-7-14-25)32(20-27-17-11-10-12-24(27)3)29(33)22-35-21-26-15-8-5-9-16-26/h4-17,23,28H,18-22H2,1-3H3,(H,31,34)/t28-/m0/s1. The van der Waals surface area contributed by atoms with Crippen LogP contribution < -0.4 is 5.32 Å². The summed E-state index contributed by atoms with van der Waals surface area (Å²) in [6, 6.07) is 27.6. The first-order chi connectivity index (χ1) is 16.9. The highest BCUT2D eigenvalue weighted by Gasteiger charge is 2.30. The van der Waals surface area contributed by atoms with Crippen molar-refractivity contribution in [3.63, 3.8) is 0 Å². The van der Waals surface area contributed by atoms with Gasteiger partial charge in [0.15, 0.2) is 0 Å². The van der Waals surface area contributed by atoms with Crippen LogP contribution in [0, 0.1) is 12.8 Å². The molecule has 3 aromatic rings. The van der Waals surface area contributed by atoms with Gasteiger partial charge in [-0.2, -0.15) is 0 Å². The zero-order chi connectivity index (χ0) is 25.0. The second-order valence-corrected chi connectivity index (χ2v) is 10.3. The smallest absolute Gasteiger partial charge is 0.243 e. The summed E-state index contributed by atoms with van der Waals surface area (Å²) in [5.41, 5.74) is 4.40. The van der Waals surface area contributed by atoms with Crippen molar-refractivity contribution in [1.29, 1.82) is 0 Å². The highest BCUT2D eigenvalue weighted by Crippen LogP contribution is 2.20. The van der Waals surface area contributed by atoms with Gasteiger partial charge in [-0.25, -0.2) is 0 Å². The van der Waals surface area contributed by atoms with E-state index in [0.717, 1.165) is 22.4 Å². The number of benzene rings is 3. The van der Waals surface area contributed by atoms with Crippen LogP contribution in [0.4, 0.5) is 0 Å². The van der Waals surface area contributed by atoms with Crippen LogP contribution in [0.15, 0.2) is 84.9 Å². The molecule has 0 bridgehead atoms. The quantitative estimate of drug-likeness (QED) is 0.359. The third kappa shape index (κ3) is 8.59. The highest BCUT2D eigenvalue weighted by molar-refractivity contribution is 7.99. The van der Waals surface area contributed by atoms with E-state index < -0.39 is 6.04 Å². The van der Waals surface area contributed by atoms with E-state index >= 15 is 0 Å². The predicted octanol–water partition coefficient (Wildman–Crippen LogP) is 5.64. The largest absolute Gasteiger partial charge is 0.354 e. The van der Waals surface area contributed by atoms with E-state index in [-0.39, 0.29) is 11.8 Å². The van der Waals surface area contributed by atoms with Crippen LogP contribution in [0.1, 0.15) is 36.1 Å². The fourth-order valence-corrected chi connectivity index (χ4v) is 4.73. The van der Waals surface area contributed by atoms with Crippen molar-refractivity contribution in [2.45, 2.75) is 45.5 Å². The first-order valence-electron chi connectivity index (χ1n) is 12.2. The fourth-order valence-electron chi connectivity index (χ4n) is 3.86. The van der Waals surface area contributed by atoms with E-state index in [4.69, 9.17) is 0 Å². The molecule has 0 unspecified atom stereocenters. The molecule has 0 saturated heterocycles. The fraction of sp³-hybridized carbons (Fsp3) is 0.333. The molecule has 3 rings (SSSR count). The normalized spacial score (nSPS) is 11.8. The third-order valence-electron chi connectivity index (χ3n) is 5.89. The maximum absolute atomic E-state index is 13.6. The maximum Gasteiger partial charge on any atom is 0.243 e. The Hall–Kier alpha value is -3.05. The molecule has 0 fully saturated rings. The van der Waals surface area contributed by atoms with E-state index in [1.807, 2.05) is 79.7 Å². The van der Waals surface area contributed by atoms with Crippen LogP contribution in [-0.2, 0) is 28.3 Å². The third-order valence-corrected chi connectivity index (χ3v) is 6.88. The van der Waals surface area contributed by atoms with E-state index in [0.29, 0.717) is 31.2 Å². The monoisotopic (exact) mass is 488 g/mol. The first-order valence-corrected chi connectivity index (χ1v) is 13.4. The number of aryl methyl sites for hydroxylation is 1. The maximum atomic E-state index is 13.6. The molecule has 1 N–H and O–H groups in total. The van der Waals surface area contributed by atoms with E-state index in [9.17, 15) is 9.59 Å². The van der Waals surface area contributed by atoms with Crippen LogP contribution in [0.25, 0.3) is 0 Å². The lowest BCUT2D eigenvalue weighted by atomic mass is 10.0. The summed E-state index contributed by atoms with van der Waals surface area (Å²) in [5, 5.41) is 3.08. The van der Waals surface area contributed by atoms with Gasteiger partial charge in [0.1, 0.15) is 6.04 Å². The lowest BCUT2D eigenvalue weighted by Gasteiger charge is -2.32. The average Bonchev–Trinajstić information content (AvgIpc) is 2.87. The molecule has 4 nitrogen and oxygen atoms in total. The van der Waals surface area contributed by atoms with Gasteiger partial charge in [-0.05, 0) is 35.1 Å². The summed E-state index contributed by atoms with van der Waals surface area (Å²) >= 11 is 1.59. The molecule has 2 amide bonds. The molecule has 0 aromatic heterocycles. The Morgan fingerprint density at radius 3 is 2.09 bits per heavy atom. The Labute approximate surface area is 214 Å². The zero-order valence-corrected chi connectivity index (χ0v) is 21.8. The Morgan fingerprint density at radius 1 is 0.857 bits per heavy atom. The van der Waals surface area contributed by atoms with Gasteiger partial charge in [0.25, 0.3) is 0 Å². The molecule has 0 aliphatic carbocycles. The summed E-state index contributed by atoms with van der Waals surface area (Å²) in [7, 11) is 0. The van der Waals surface area contributed by atoms with Crippen LogP contribution in [-0.4, -0.2) is 35.1 Å². The number of nitrogens with zero attached hydrogens (tertiary/aromatic N) is 1. The SMILES string of the molecule is Cc1ccccc1CN(C(=O)CSCc1ccccc1)[C@@H](Cc1ccccc1)C(=O)NCC(C)C. The van der Waals surface area contributed by atoms with Crippen molar-refractivity contribution in [3.05, 3.63) is 107 Å². The van der Waals surface area contributed by atoms with Crippen molar-refractivity contribution in [3.8, 4) is 0 Å². The number of amides is 2. The number of hydrogen-bond acceptors (Lipinski definition) is 3. The molecule has 0 saturated carbocycles. The Kier molecular flexibility index (Phi) is 10.4. The van der Waals surface area contributed by atoms with E-state index in [1.165, 1.54) is 5.56 Å². The Bertz CT molecular complexity index is 1070. The lowest BCUT2D eigenvalue weighted by Crippen LogP contribution is -2.51. The van der Waals surface area contributed by atoms with Crippen LogP contribution in [0.2, 0.25) is 0 Å². The summed E-state index contributed by atoms with van der Waals surface area (Å²) in [5.74, 6) is 1.29. The molecule has 5 heteroatoms. The Balaban J connectivity index is 1.85. The topological polar surface area (TPSA) is 49.4 Å². The molecule has 3 aromatic carbocycles. The van der Waals surface area contributed by atoms with Crippen molar-refractivity contribution in [1.82, 2.24) is 10.2 Å². The van der Waals surface area contributed by atoms with Gasteiger partial charge in [-0.15, -0.1) is 11.8 Å². The molecule has 0 aliphatic heterocycles. The van der Waals surface area contributed by atoms with E-state index in [1.54, 1.807) is 16.7 Å². The van der Waals surface area contributed by atoms with Gasteiger partial charge in [-0.1, -0.05) is 98.8 Å². The van der Waals surface area contributed by atoms with Crippen molar-refractivity contribution in [2.75, 3.05) is 12.3 Å². The van der Waals surface area contributed by atoms with Gasteiger partial charge >= 0.3 is 0 Å². The summed E-state index contributed by atoms with van der Waals surface area (Å²) in [6.45, 7) is 7.18. The molecule has 0 aliphatic rings. The molecule has 0 radical (unpaired) electrons. The van der Waals surface area contributed by atoms with Gasteiger partial charge < -0.3 is 10.2 Å². The van der Waals surface area contributed by atoms with Gasteiger partial charge in [0.2, 0.25) is 11.8 Å². The average molecular weight is 489 g/mol. The van der Waals surface area contributed by atoms with E-state index in [2.05, 4.69) is 31.3 Å². The number of hydrogen-bond donors (Lipinski definition) is 1. The number of carbonyl (C=O) groups excluding carboxylic acids is 2. The molecule has 35 heavy (non-hydrogen) atoms. The first kappa shape index (κ1) is 26.6. The molecule has 184 valence electrons. The lowest BCUT2D eigenvalue weighted by molar-refractivity contribution is -0.139. The summed E-state index contributed by atoms with van der Waals surface area (Å²) in [4.78, 5) is 28.9. The number of nitrogens with one attached hydrogen (secondary N) is 1. The second kappa shape index (κ2) is 13.7. The van der Waals surface area contributed by atoms with Crippen LogP contribution >= 0.6 is 11.8 Å². The second-order valence-electron chi connectivity index (χ2n) is 9.27. The zero-order valence-electron chi connectivity index (χ0n) is 20.9. The number of thioether (sulfide) groups is 1. The van der Waals surface area contributed by atoms with Crippen LogP contribution in [0.3, 0.4) is 0 Å². The highest BCUT2D eigenvalue weighted by atomic mass is 32.2. The van der Waals surface area contributed by atoms with Crippen molar-refractivity contribution < 1.29 is 9.59 Å². The Morgan fingerprint density at radius 2 is 1.46 bits per heavy atom. The van der Waals surface area contributed by atoms with Gasteiger partial charge in [-0.3, -0.25) is 9.59 Å². The van der Waals surface area contributed by atoms with Crippen molar-refractivity contribution in [2.24, 2.45) is 5.92 Å². The summed E-state index contributed by atoms with van der Waals surface area (Å²) in [6.07, 6.45) is 0.478. The van der Waals surface area contributed by atoms with Gasteiger partial charge in [0.05, 0.1) is 5.75 Å². The molecule has 1 atom stereocenters. The number of carbonyl (C=O) groups is 2. The molecular formula is C30H36N2O2S. The van der Waals surface area contributed by atoms with Crippen molar-refractivity contribution >= 4 is 23.6 Å². The minimum absolute atomic E-state index is 0.0187.